The van der Waals surface area contributed by atoms with Crippen molar-refractivity contribution >= 4 is 28.8 Å². The third-order valence-electron chi connectivity index (χ3n) is 3.76. The van der Waals surface area contributed by atoms with E-state index in [0.29, 0.717) is 12.3 Å². The van der Waals surface area contributed by atoms with Gasteiger partial charge in [0.15, 0.2) is 0 Å². The molecule has 0 amide bonds. The van der Waals surface area contributed by atoms with E-state index in [-0.39, 0.29) is 23.1 Å². The van der Waals surface area contributed by atoms with Crippen LogP contribution in [-0.4, -0.2) is 21.5 Å². The van der Waals surface area contributed by atoms with Crippen LogP contribution in [0.1, 0.15) is 12.6 Å². The summed E-state index contributed by atoms with van der Waals surface area (Å²) in [7, 11) is 0. The van der Waals surface area contributed by atoms with Crippen molar-refractivity contribution in [2.24, 2.45) is 0 Å². The molecule has 9 nitrogen and oxygen atoms in total. The molecule has 2 aromatic carbocycles. The Labute approximate surface area is 161 Å². The van der Waals surface area contributed by atoms with Gasteiger partial charge in [-0.1, -0.05) is 18.2 Å². The highest BCUT2D eigenvalue weighted by Crippen LogP contribution is 2.30. The summed E-state index contributed by atoms with van der Waals surface area (Å²) in [6, 6.07) is 16.5. The molecular weight excluding hydrogens is 360 g/mol. The van der Waals surface area contributed by atoms with Gasteiger partial charge in [-0.3, -0.25) is 21.0 Å². The maximum atomic E-state index is 11.5. The number of nitrogens with zero attached hydrogens (tertiary/aromatic N) is 3. The predicted molar refractivity (Wildman–Crippen MR) is 108 cm³/mol. The molecule has 144 valence electrons. The number of rotatable bonds is 8. The third kappa shape index (κ3) is 4.64. The molecule has 0 atom stereocenters. The van der Waals surface area contributed by atoms with E-state index in [2.05, 4.69) is 26.1 Å². The van der Waals surface area contributed by atoms with Crippen LogP contribution in [0.25, 0.3) is 0 Å². The maximum Gasteiger partial charge on any atom is 0.332 e. The average Bonchev–Trinajstić information content (AvgIpc) is 2.68. The van der Waals surface area contributed by atoms with E-state index in [0.717, 1.165) is 11.4 Å². The molecule has 0 saturated heterocycles. The van der Waals surface area contributed by atoms with E-state index >= 15 is 0 Å². The number of nitrogens with one attached hydrogen (secondary N) is 3. The van der Waals surface area contributed by atoms with Crippen molar-refractivity contribution in [1.29, 1.82) is 0 Å². The molecule has 0 bridgehead atoms. The Morgan fingerprint density at radius 3 is 2.36 bits per heavy atom. The Bertz CT molecular complexity index is 948. The number of anilines is 4. The molecule has 0 spiro atoms. The van der Waals surface area contributed by atoms with E-state index in [1.807, 2.05) is 37.3 Å². The first kappa shape index (κ1) is 18.9. The lowest BCUT2D eigenvalue weighted by molar-refractivity contribution is -0.385. The van der Waals surface area contributed by atoms with Crippen LogP contribution in [0.5, 0.6) is 5.75 Å². The van der Waals surface area contributed by atoms with Crippen molar-refractivity contribution in [3.05, 3.63) is 70.4 Å². The van der Waals surface area contributed by atoms with Gasteiger partial charge in [0.2, 0.25) is 11.8 Å². The van der Waals surface area contributed by atoms with Gasteiger partial charge in [-0.05, 0) is 50.2 Å². The quantitative estimate of drug-likeness (QED) is 0.392. The van der Waals surface area contributed by atoms with Crippen molar-refractivity contribution < 1.29 is 9.66 Å². The summed E-state index contributed by atoms with van der Waals surface area (Å²) < 4.78 is 5.41. The second-order valence-corrected chi connectivity index (χ2v) is 5.79. The first-order valence-corrected chi connectivity index (χ1v) is 8.67. The Balaban J connectivity index is 1.84. The van der Waals surface area contributed by atoms with Crippen LogP contribution < -0.4 is 20.9 Å². The molecule has 0 aliphatic heterocycles. The summed E-state index contributed by atoms with van der Waals surface area (Å²) in [4.78, 5) is 19.4. The lowest BCUT2D eigenvalue weighted by Crippen LogP contribution is -2.14. The minimum atomic E-state index is -0.499. The molecule has 3 rings (SSSR count). The van der Waals surface area contributed by atoms with Gasteiger partial charge in [0.1, 0.15) is 11.4 Å². The Hall–Kier alpha value is -3.88. The zero-order chi connectivity index (χ0) is 19.9. The third-order valence-corrected chi connectivity index (χ3v) is 3.76. The SMILES string of the molecule is CCOc1ccc(Nc2nc(NNc3ccccc3)nc(C)c2[N+](=O)[O-])cc1. The van der Waals surface area contributed by atoms with Crippen LogP contribution in [0.3, 0.4) is 0 Å². The van der Waals surface area contributed by atoms with Crippen LogP contribution in [-0.2, 0) is 0 Å². The summed E-state index contributed by atoms with van der Waals surface area (Å²) in [6.45, 7) is 4.03. The molecule has 0 aliphatic rings. The monoisotopic (exact) mass is 380 g/mol. The number of benzene rings is 2. The molecule has 0 unspecified atom stereocenters. The summed E-state index contributed by atoms with van der Waals surface area (Å²) >= 11 is 0. The molecule has 3 N–H and O–H groups in total. The summed E-state index contributed by atoms with van der Waals surface area (Å²) in [5, 5.41) is 14.5. The highest BCUT2D eigenvalue weighted by atomic mass is 16.6. The van der Waals surface area contributed by atoms with Crippen molar-refractivity contribution in [3.63, 3.8) is 0 Å². The second kappa shape index (κ2) is 8.67. The number of ether oxygens (including phenoxy) is 1. The number of aromatic nitrogens is 2. The van der Waals surface area contributed by atoms with Gasteiger partial charge in [0.25, 0.3) is 0 Å². The summed E-state index contributed by atoms with van der Waals surface area (Å²) in [6.07, 6.45) is 0. The zero-order valence-electron chi connectivity index (χ0n) is 15.5. The van der Waals surface area contributed by atoms with E-state index < -0.39 is 4.92 Å². The Morgan fingerprint density at radius 1 is 1.00 bits per heavy atom. The average molecular weight is 380 g/mol. The van der Waals surface area contributed by atoms with Crippen LogP contribution in [0, 0.1) is 17.0 Å². The predicted octanol–water partition coefficient (Wildman–Crippen LogP) is 4.27. The smallest absolute Gasteiger partial charge is 0.332 e. The molecular formula is C19H20N6O3. The lowest BCUT2D eigenvalue weighted by Gasteiger charge is -2.12. The fraction of sp³-hybridized carbons (Fsp3) is 0.158. The minimum Gasteiger partial charge on any atom is -0.494 e. The van der Waals surface area contributed by atoms with Crippen LogP contribution in [0.2, 0.25) is 0 Å². The van der Waals surface area contributed by atoms with E-state index in [4.69, 9.17) is 4.74 Å². The molecule has 3 aromatic rings. The summed E-state index contributed by atoms with van der Waals surface area (Å²) in [5.74, 6) is 1.02. The van der Waals surface area contributed by atoms with E-state index in [1.54, 1.807) is 31.2 Å². The summed E-state index contributed by atoms with van der Waals surface area (Å²) in [5.41, 5.74) is 7.34. The molecule has 0 saturated carbocycles. The molecule has 0 aliphatic carbocycles. The molecule has 0 radical (unpaired) electrons. The Morgan fingerprint density at radius 2 is 1.71 bits per heavy atom. The van der Waals surface area contributed by atoms with Crippen molar-refractivity contribution in [3.8, 4) is 5.75 Å². The zero-order valence-corrected chi connectivity index (χ0v) is 15.5. The largest absolute Gasteiger partial charge is 0.494 e. The number of hydrogen-bond donors (Lipinski definition) is 3. The number of para-hydroxylation sites is 1. The maximum absolute atomic E-state index is 11.5. The molecule has 9 heteroatoms. The fourth-order valence-corrected chi connectivity index (χ4v) is 2.52. The van der Waals surface area contributed by atoms with E-state index in [1.165, 1.54) is 0 Å². The second-order valence-electron chi connectivity index (χ2n) is 5.79. The van der Waals surface area contributed by atoms with Gasteiger partial charge in [0.05, 0.1) is 17.2 Å². The van der Waals surface area contributed by atoms with Gasteiger partial charge in [0, 0.05) is 5.69 Å². The van der Waals surface area contributed by atoms with Gasteiger partial charge in [-0.2, -0.15) is 4.98 Å². The molecule has 0 fully saturated rings. The first-order valence-electron chi connectivity index (χ1n) is 8.67. The molecule has 1 aromatic heterocycles. The van der Waals surface area contributed by atoms with Gasteiger partial charge in [-0.25, -0.2) is 4.98 Å². The number of hydrogen-bond acceptors (Lipinski definition) is 8. The lowest BCUT2D eigenvalue weighted by atomic mass is 10.3. The molecule has 28 heavy (non-hydrogen) atoms. The Kier molecular flexibility index (Phi) is 5.85. The van der Waals surface area contributed by atoms with Gasteiger partial charge in [-0.15, -0.1) is 0 Å². The van der Waals surface area contributed by atoms with Crippen LogP contribution >= 0.6 is 0 Å². The first-order chi connectivity index (χ1) is 13.6. The van der Waals surface area contributed by atoms with E-state index in [9.17, 15) is 10.1 Å². The topological polar surface area (TPSA) is 114 Å². The van der Waals surface area contributed by atoms with Crippen molar-refractivity contribution in [1.82, 2.24) is 9.97 Å². The minimum absolute atomic E-state index is 0.0963. The van der Waals surface area contributed by atoms with Crippen molar-refractivity contribution in [2.75, 3.05) is 22.8 Å². The van der Waals surface area contributed by atoms with Crippen LogP contribution in [0.15, 0.2) is 54.6 Å². The highest BCUT2D eigenvalue weighted by molar-refractivity contribution is 5.68. The fourth-order valence-electron chi connectivity index (χ4n) is 2.52. The molecule has 1 heterocycles. The normalized spacial score (nSPS) is 10.2. The number of aryl methyl sites for hydroxylation is 1. The van der Waals surface area contributed by atoms with Crippen molar-refractivity contribution in [2.45, 2.75) is 13.8 Å². The van der Waals surface area contributed by atoms with Crippen LogP contribution in [0.4, 0.5) is 28.8 Å². The van der Waals surface area contributed by atoms with Gasteiger partial charge >= 0.3 is 5.69 Å². The number of hydrazine groups is 1. The standard InChI is InChI=1S/C19H20N6O3/c1-3-28-16-11-9-14(10-12-16)21-18-17(25(26)27)13(2)20-19(22-18)24-23-15-7-5-4-6-8-15/h4-12,23H,3H2,1-2H3,(H2,20,21,22,24). The van der Waals surface area contributed by atoms with Gasteiger partial charge < -0.3 is 10.1 Å². The number of nitro groups is 1. The highest BCUT2D eigenvalue weighted by Gasteiger charge is 2.22.